The molecule has 0 unspecified atom stereocenters. The molecule has 0 aromatic heterocycles. The van der Waals surface area contributed by atoms with Gasteiger partial charge in [-0.15, -0.1) is 0 Å². The number of hydrogen-bond acceptors (Lipinski definition) is 6. The third-order valence-electron chi connectivity index (χ3n) is 5.32. The molecule has 37 heavy (non-hydrogen) atoms. The van der Waals surface area contributed by atoms with Gasteiger partial charge in [0.25, 0.3) is 11.8 Å². The largest absolute Gasteiger partial charge is 0.493 e. The Morgan fingerprint density at radius 3 is 2.51 bits per heavy atom. The first-order chi connectivity index (χ1) is 17.7. The molecule has 0 saturated carbocycles. The second-order valence-electron chi connectivity index (χ2n) is 7.76. The van der Waals surface area contributed by atoms with Crippen molar-refractivity contribution in [2.75, 3.05) is 12.0 Å². The van der Waals surface area contributed by atoms with Gasteiger partial charge in [0.1, 0.15) is 12.2 Å². The fraction of sp³-hybridized carbons (Fsp3) is 0.0769. The highest BCUT2D eigenvalue weighted by Crippen LogP contribution is 2.33. The zero-order valence-electron chi connectivity index (χ0n) is 19.2. The molecule has 0 spiro atoms. The summed E-state index contributed by atoms with van der Waals surface area (Å²) in [5.74, 6) is -2.11. The van der Waals surface area contributed by atoms with Crippen molar-refractivity contribution in [3.63, 3.8) is 0 Å². The van der Waals surface area contributed by atoms with Crippen LogP contribution in [0, 0.1) is 0 Å². The molecule has 1 aliphatic rings. The van der Waals surface area contributed by atoms with Crippen LogP contribution >= 0.6 is 23.2 Å². The molecule has 0 radical (unpaired) electrons. The average molecular weight is 541 g/mol. The van der Waals surface area contributed by atoms with Crippen molar-refractivity contribution < 1.29 is 33.8 Å². The number of hydrogen-bond donors (Lipinski definition) is 2. The predicted molar refractivity (Wildman–Crippen MR) is 136 cm³/mol. The molecule has 1 saturated heterocycles. The molecule has 1 aliphatic heterocycles. The van der Waals surface area contributed by atoms with Crippen LogP contribution in [-0.4, -0.2) is 36.0 Å². The third-order valence-corrected chi connectivity index (χ3v) is 5.86. The van der Waals surface area contributed by atoms with Gasteiger partial charge in [0, 0.05) is 5.02 Å². The van der Waals surface area contributed by atoms with Gasteiger partial charge in [0.2, 0.25) is 0 Å². The van der Waals surface area contributed by atoms with Crippen LogP contribution < -0.4 is 19.7 Å². The molecule has 188 valence electrons. The number of imide groups is 2. The van der Waals surface area contributed by atoms with Crippen molar-refractivity contribution in [2.45, 2.75) is 6.61 Å². The van der Waals surface area contributed by atoms with Gasteiger partial charge < -0.3 is 14.6 Å². The summed E-state index contributed by atoms with van der Waals surface area (Å²) < 4.78 is 11.2. The number of aromatic carboxylic acids is 1. The number of nitrogens with zero attached hydrogens (tertiary/aromatic N) is 1. The van der Waals surface area contributed by atoms with Crippen LogP contribution in [0.15, 0.2) is 66.2 Å². The van der Waals surface area contributed by atoms with E-state index in [1.165, 1.54) is 43.5 Å². The number of carbonyl (C=O) groups is 4. The van der Waals surface area contributed by atoms with Crippen molar-refractivity contribution in [2.24, 2.45) is 0 Å². The Labute approximate surface area is 220 Å². The van der Waals surface area contributed by atoms with E-state index in [2.05, 4.69) is 5.32 Å². The number of carboxylic acids is 1. The van der Waals surface area contributed by atoms with Crippen LogP contribution in [0.5, 0.6) is 11.5 Å². The number of ether oxygens (including phenoxy) is 2. The molecule has 3 aromatic carbocycles. The van der Waals surface area contributed by atoms with Crippen LogP contribution in [0.25, 0.3) is 6.08 Å². The highest BCUT2D eigenvalue weighted by molar-refractivity contribution is 6.42. The molecule has 3 aromatic rings. The van der Waals surface area contributed by atoms with E-state index in [1.54, 1.807) is 30.3 Å². The van der Waals surface area contributed by atoms with Gasteiger partial charge in [-0.25, -0.2) is 14.5 Å². The number of urea groups is 1. The van der Waals surface area contributed by atoms with Crippen molar-refractivity contribution in [1.82, 2.24) is 5.32 Å². The molecular formula is C26H18Cl2N2O7. The van der Waals surface area contributed by atoms with Crippen LogP contribution in [0.4, 0.5) is 10.5 Å². The van der Waals surface area contributed by atoms with Gasteiger partial charge in [-0.05, 0) is 59.7 Å². The lowest BCUT2D eigenvalue weighted by Gasteiger charge is -2.27. The van der Waals surface area contributed by atoms with Crippen molar-refractivity contribution in [3.05, 3.63) is 93.0 Å². The first-order valence-corrected chi connectivity index (χ1v) is 11.4. The lowest BCUT2D eigenvalue weighted by atomic mass is 10.1. The Balaban J connectivity index is 1.59. The van der Waals surface area contributed by atoms with Gasteiger partial charge in [0.05, 0.1) is 23.4 Å². The summed E-state index contributed by atoms with van der Waals surface area (Å²) in [4.78, 5) is 50.0. The number of anilines is 1. The maximum Gasteiger partial charge on any atom is 0.335 e. The Kier molecular flexibility index (Phi) is 7.47. The monoisotopic (exact) mass is 540 g/mol. The number of rotatable bonds is 7. The predicted octanol–water partition coefficient (Wildman–Crippen LogP) is 4.95. The minimum atomic E-state index is -1.04. The number of halogens is 2. The van der Waals surface area contributed by atoms with Crippen LogP contribution in [-0.2, 0) is 16.2 Å². The number of barbiturate groups is 1. The number of carbonyl (C=O) groups excluding carboxylic acids is 3. The van der Waals surface area contributed by atoms with E-state index in [9.17, 15) is 19.2 Å². The number of benzene rings is 3. The van der Waals surface area contributed by atoms with E-state index in [0.717, 1.165) is 4.90 Å². The standard InChI is InChI=1S/C26H18Cl2N2O7/c1-36-22-11-14(5-8-21(22)37-13-15-3-2-4-16(9-15)25(33)34)10-18-23(31)29-26(35)30(24(18)32)20-7-6-17(27)12-19(20)28/h2-12H,13H2,1H3,(H,33,34)(H,29,31,35)/b18-10+. The summed E-state index contributed by atoms with van der Waals surface area (Å²) in [6.07, 6.45) is 1.31. The molecule has 1 fully saturated rings. The fourth-order valence-electron chi connectivity index (χ4n) is 3.55. The molecule has 11 heteroatoms. The van der Waals surface area contributed by atoms with Gasteiger partial charge in [0.15, 0.2) is 11.5 Å². The second-order valence-corrected chi connectivity index (χ2v) is 8.60. The Bertz CT molecular complexity index is 1470. The molecule has 9 nitrogen and oxygen atoms in total. The first-order valence-electron chi connectivity index (χ1n) is 10.7. The van der Waals surface area contributed by atoms with E-state index in [-0.39, 0.29) is 28.5 Å². The maximum atomic E-state index is 13.1. The molecule has 2 N–H and O–H groups in total. The molecule has 0 atom stereocenters. The molecule has 0 bridgehead atoms. The topological polar surface area (TPSA) is 122 Å². The minimum Gasteiger partial charge on any atom is -0.493 e. The molecular weight excluding hydrogens is 523 g/mol. The van der Waals surface area contributed by atoms with E-state index in [1.807, 2.05) is 0 Å². The van der Waals surface area contributed by atoms with Crippen LogP contribution in [0.2, 0.25) is 10.0 Å². The highest BCUT2D eigenvalue weighted by atomic mass is 35.5. The summed E-state index contributed by atoms with van der Waals surface area (Å²) in [7, 11) is 1.42. The zero-order valence-corrected chi connectivity index (χ0v) is 20.7. The number of amides is 4. The molecule has 1 heterocycles. The van der Waals surface area contributed by atoms with Gasteiger partial charge in [-0.1, -0.05) is 41.4 Å². The zero-order chi connectivity index (χ0) is 26.7. The molecule has 0 aliphatic carbocycles. The van der Waals surface area contributed by atoms with E-state index < -0.39 is 23.8 Å². The second kappa shape index (κ2) is 10.7. The third kappa shape index (κ3) is 5.58. The fourth-order valence-corrected chi connectivity index (χ4v) is 4.05. The van der Waals surface area contributed by atoms with Crippen LogP contribution in [0.1, 0.15) is 21.5 Å². The number of nitrogens with one attached hydrogen (secondary N) is 1. The Hall–Kier alpha value is -4.34. The summed E-state index contributed by atoms with van der Waals surface area (Å²) in [6.45, 7) is 0.0811. The minimum absolute atomic E-state index is 0.0572. The normalized spacial score (nSPS) is 14.5. The lowest BCUT2D eigenvalue weighted by Crippen LogP contribution is -2.54. The maximum absolute atomic E-state index is 13.1. The molecule has 4 rings (SSSR count). The first kappa shape index (κ1) is 25.7. The SMILES string of the molecule is COc1cc(/C=C2\C(=O)NC(=O)N(c3ccc(Cl)cc3Cl)C2=O)ccc1OCc1cccc(C(=O)O)c1. The summed E-state index contributed by atoms with van der Waals surface area (Å²) in [5.41, 5.74) is 0.972. The van der Waals surface area contributed by atoms with Gasteiger partial charge in [-0.3, -0.25) is 14.9 Å². The van der Waals surface area contributed by atoms with Gasteiger partial charge in [-0.2, -0.15) is 0 Å². The highest BCUT2D eigenvalue weighted by Gasteiger charge is 2.37. The number of methoxy groups -OCH3 is 1. The van der Waals surface area contributed by atoms with Crippen LogP contribution in [0.3, 0.4) is 0 Å². The quantitative estimate of drug-likeness (QED) is 0.321. The summed E-state index contributed by atoms with van der Waals surface area (Å²) in [5, 5.41) is 11.6. The Morgan fingerprint density at radius 2 is 1.81 bits per heavy atom. The number of carboxylic acid groups (broad SMARTS) is 1. The lowest BCUT2D eigenvalue weighted by molar-refractivity contribution is -0.122. The smallest absolute Gasteiger partial charge is 0.335 e. The average Bonchev–Trinajstić information content (AvgIpc) is 2.86. The van der Waals surface area contributed by atoms with Gasteiger partial charge >= 0.3 is 12.0 Å². The van der Waals surface area contributed by atoms with E-state index >= 15 is 0 Å². The summed E-state index contributed by atoms with van der Waals surface area (Å²) >= 11 is 12.1. The van der Waals surface area contributed by atoms with Crippen molar-refractivity contribution in [1.29, 1.82) is 0 Å². The van der Waals surface area contributed by atoms with E-state index in [4.69, 9.17) is 37.8 Å². The summed E-state index contributed by atoms with van der Waals surface area (Å²) in [6, 6.07) is 14.3. The Morgan fingerprint density at radius 1 is 1.03 bits per heavy atom. The van der Waals surface area contributed by atoms with E-state index in [0.29, 0.717) is 27.6 Å². The molecule has 4 amide bonds. The van der Waals surface area contributed by atoms with Crippen molar-refractivity contribution in [3.8, 4) is 11.5 Å². The van der Waals surface area contributed by atoms with Crippen molar-refractivity contribution >= 4 is 58.8 Å².